The number of ether oxygens (including phenoxy) is 1. The van der Waals surface area contributed by atoms with Crippen molar-refractivity contribution in [3.63, 3.8) is 0 Å². The number of benzene rings is 2. The zero-order chi connectivity index (χ0) is 16.6. The van der Waals surface area contributed by atoms with E-state index in [4.69, 9.17) is 10.5 Å². The number of nitrogens with one attached hydrogen (secondary N) is 1. The van der Waals surface area contributed by atoms with E-state index in [1.54, 1.807) is 7.11 Å². The Morgan fingerprint density at radius 3 is 2.70 bits per heavy atom. The number of carbonyl (C=O) groups excluding carboxylic acids is 1. The molecule has 1 heterocycles. The number of fused-ring (bicyclic) bond motifs is 1. The van der Waals surface area contributed by atoms with Crippen LogP contribution in [0.3, 0.4) is 0 Å². The van der Waals surface area contributed by atoms with Gasteiger partial charge >= 0.3 is 0 Å². The summed E-state index contributed by atoms with van der Waals surface area (Å²) in [5.74, 6) is 0.891. The SMILES string of the molecule is COc1cccc(C(N)c2cc3c(c(C)c2C)NC(=O)CC3)c1. The maximum atomic E-state index is 11.7. The first-order chi connectivity index (χ1) is 11.0. The van der Waals surface area contributed by atoms with Crippen LogP contribution in [0.4, 0.5) is 5.69 Å². The van der Waals surface area contributed by atoms with E-state index < -0.39 is 0 Å². The Morgan fingerprint density at radius 2 is 1.96 bits per heavy atom. The van der Waals surface area contributed by atoms with Crippen LogP contribution < -0.4 is 15.8 Å². The molecule has 4 heteroatoms. The predicted molar refractivity (Wildman–Crippen MR) is 91.9 cm³/mol. The van der Waals surface area contributed by atoms with Gasteiger partial charge in [-0.1, -0.05) is 18.2 Å². The van der Waals surface area contributed by atoms with E-state index in [0.717, 1.165) is 40.1 Å². The summed E-state index contributed by atoms with van der Waals surface area (Å²) in [6.45, 7) is 4.10. The van der Waals surface area contributed by atoms with Crippen molar-refractivity contribution in [1.82, 2.24) is 0 Å². The molecule has 0 saturated heterocycles. The van der Waals surface area contributed by atoms with E-state index >= 15 is 0 Å². The highest BCUT2D eigenvalue weighted by Gasteiger charge is 2.22. The first kappa shape index (κ1) is 15.6. The van der Waals surface area contributed by atoms with Crippen LogP contribution in [-0.4, -0.2) is 13.0 Å². The third kappa shape index (κ3) is 2.82. The highest BCUT2D eigenvalue weighted by atomic mass is 16.5. The number of carbonyl (C=O) groups is 1. The van der Waals surface area contributed by atoms with Gasteiger partial charge in [0.2, 0.25) is 5.91 Å². The van der Waals surface area contributed by atoms with Crippen molar-refractivity contribution in [1.29, 1.82) is 0 Å². The van der Waals surface area contributed by atoms with Gasteiger partial charge < -0.3 is 15.8 Å². The van der Waals surface area contributed by atoms with Gasteiger partial charge in [0.05, 0.1) is 13.2 Å². The van der Waals surface area contributed by atoms with Crippen LogP contribution in [0.15, 0.2) is 30.3 Å². The molecule has 0 bridgehead atoms. The molecule has 2 aromatic carbocycles. The molecule has 3 N–H and O–H groups in total. The molecule has 1 aliphatic rings. The van der Waals surface area contributed by atoms with Crippen LogP contribution in [0, 0.1) is 13.8 Å². The summed E-state index contributed by atoms with van der Waals surface area (Å²) in [4.78, 5) is 11.7. The highest BCUT2D eigenvalue weighted by Crippen LogP contribution is 2.35. The number of hydrogen-bond donors (Lipinski definition) is 2. The van der Waals surface area contributed by atoms with Crippen LogP contribution in [0.1, 0.15) is 40.3 Å². The van der Waals surface area contributed by atoms with Crippen molar-refractivity contribution in [2.45, 2.75) is 32.7 Å². The number of methoxy groups -OCH3 is 1. The van der Waals surface area contributed by atoms with Crippen LogP contribution in [0.2, 0.25) is 0 Å². The average Bonchev–Trinajstić information content (AvgIpc) is 2.58. The number of rotatable bonds is 3. The standard InChI is InChI=1S/C19H22N2O2/c1-11-12(2)19-14(7-8-17(22)21-19)10-16(11)18(20)13-5-4-6-15(9-13)23-3/h4-6,9-10,18H,7-8,20H2,1-3H3,(H,21,22). The number of anilines is 1. The molecular formula is C19H22N2O2. The van der Waals surface area contributed by atoms with Crippen molar-refractivity contribution in [3.8, 4) is 5.75 Å². The Kier molecular flexibility index (Phi) is 4.09. The molecule has 0 aliphatic carbocycles. The van der Waals surface area contributed by atoms with E-state index in [2.05, 4.69) is 18.3 Å². The van der Waals surface area contributed by atoms with E-state index in [9.17, 15) is 4.79 Å². The van der Waals surface area contributed by atoms with Crippen LogP contribution in [0.5, 0.6) is 5.75 Å². The second-order valence-electron chi connectivity index (χ2n) is 6.05. The maximum absolute atomic E-state index is 11.7. The second-order valence-corrected chi connectivity index (χ2v) is 6.05. The molecule has 4 nitrogen and oxygen atoms in total. The van der Waals surface area contributed by atoms with Gasteiger partial charge in [0.1, 0.15) is 5.75 Å². The summed E-state index contributed by atoms with van der Waals surface area (Å²) >= 11 is 0. The first-order valence-electron chi connectivity index (χ1n) is 7.83. The van der Waals surface area contributed by atoms with Gasteiger partial charge in [-0.15, -0.1) is 0 Å². The van der Waals surface area contributed by atoms with Crippen LogP contribution in [0.25, 0.3) is 0 Å². The Bertz CT molecular complexity index is 768. The average molecular weight is 310 g/mol. The van der Waals surface area contributed by atoms with Gasteiger partial charge in [-0.05, 0) is 60.2 Å². The molecule has 0 spiro atoms. The lowest BCUT2D eigenvalue weighted by Crippen LogP contribution is -2.22. The Hall–Kier alpha value is -2.33. The maximum Gasteiger partial charge on any atom is 0.224 e. The largest absolute Gasteiger partial charge is 0.497 e. The van der Waals surface area contributed by atoms with E-state index in [-0.39, 0.29) is 11.9 Å². The van der Waals surface area contributed by atoms with Gasteiger partial charge in [0.15, 0.2) is 0 Å². The molecule has 120 valence electrons. The summed E-state index contributed by atoms with van der Waals surface area (Å²) in [5, 5.41) is 2.99. The number of hydrogen-bond acceptors (Lipinski definition) is 3. The lowest BCUT2D eigenvalue weighted by atomic mass is 9.87. The highest BCUT2D eigenvalue weighted by molar-refractivity contribution is 5.95. The number of aryl methyl sites for hydroxylation is 1. The quantitative estimate of drug-likeness (QED) is 0.914. The third-order valence-electron chi connectivity index (χ3n) is 4.70. The van der Waals surface area contributed by atoms with Crippen molar-refractivity contribution >= 4 is 11.6 Å². The summed E-state index contributed by atoms with van der Waals surface area (Å²) in [5.41, 5.74) is 13.0. The molecule has 0 fully saturated rings. The van der Waals surface area contributed by atoms with Gasteiger partial charge in [-0.2, -0.15) is 0 Å². The fourth-order valence-corrected chi connectivity index (χ4v) is 3.17. The van der Waals surface area contributed by atoms with Gasteiger partial charge in [-0.25, -0.2) is 0 Å². The number of nitrogens with two attached hydrogens (primary N) is 1. The summed E-state index contributed by atoms with van der Waals surface area (Å²) in [7, 11) is 1.65. The summed E-state index contributed by atoms with van der Waals surface area (Å²) < 4.78 is 5.29. The normalized spacial score (nSPS) is 14.9. The minimum absolute atomic E-state index is 0.0878. The van der Waals surface area contributed by atoms with Crippen LogP contribution >= 0.6 is 0 Å². The lowest BCUT2D eigenvalue weighted by molar-refractivity contribution is -0.116. The molecule has 0 radical (unpaired) electrons. The molecule has 1 amide bonds. The van der Waals surface area contributed by atoms with Crippen molar-refractivity contribution in [2.24, 2.45) is 5.73 Å². The lowest BCUT2D eigenvalue weighted by Gasteiger charge is -2.25. The Labute approximate surface area is 136 Å². The molecule has 0 saturated carbocycles. The van der Waals surface area contributed by atoms with Gasteiger partial charge in [0, 0.05) is 12.1 Å². The smallest absolute Gasteiger partial charge is 0.224 e. The molecule has 3 rings (SSSR count). The number of amides is 1. The monoisotopic (exact) mass is 310 g/mol. The first-order valence-corrected chi connectivity index (χ1v) is 7.83. The Morgan fingerprint density at radius 1 is 1.17 bits per heavy atom. The predicted octanol–water partition coefficient (Wildman–Crippen LogP) is 3.24. The second kappa shape index (κ2) is 6.05. The van der Waals surface area contributed by atoms with Crippen molar-refractivity contribution in [3.05, 3.63) is 58.1 Å². The third-order valence-corrected chi connectivity index (χ3v) is 4.70. The van der Waals surface area contributed by atoms with E-state index in [1.807, 2.05) is 31.2 Å². The van der Waals surface area contributed by atoms with Gasteiger partial charge in [0.25, 0.3) is 0 Å². The minimum Gasteiger partial charge on any atom is -0.497 e. The minimum atomic E-state index is -0.216. The molecule has 1 atom stereocenters. The Balaban J connectivity index is 2.05. The van der Waals surface area contributed by atoms with Gasteiger partial charge in [-0.3, -0.25) is 4.79 Å². The zero-order valence-electron chi connectivity index (χ0n) is 13.8. The molecule has 2 aromatic rings. The summed E-state index contributed by atoms with van der Waals surface area (Å²) in [6.07, 6.45) is 1.30. The van der Waals surface area contributed by atoms with Crippen molar-refractivity contribution in [2.75, 3.05) is 12.4 Å². The van der Waals surface area contributed by atoms with E-state index in [1.165, 1.54) is 5.56 Å². The molecule has 1 aliphatic heterocycles. The topological polar surface area (TPSA) is 64.3 Å². The molecule has 23 heavy (non-hydrogen) atoms. The molecule has 1 unspecified atom stereocenters. The fourth-order valence-electron chi connectivity index (χ4n) is 3.17. The van der Waals surface area contributed by atoms with Crippen molar-refractivity contribution < 1.29 is 9.53 Å². The fraction of sp³-hybridized carbons (Fsp3) is 0.316. The summed E-state index contributed by atoms with van der Waals surface area (Å²) in [6, 6.07) is 9.78. The van der Waals surface area contributed by atoms with E-state index in [0.29, 0.717) is 6.42 Å². The molecule has 0 aromatic heterocycles. The molecular weight excluding hydrogens is 288 g/mol. The zero-order valence-corrected chi connectivity index (χ0v) is 13.8. The van der Waals surface area contributed by atoms with Crippen LogP contribution in [-0.2, 0) is 11.2 Å².